The van der Waals surface area contributed by atoms with Gasteiger partial charge in [0.25, 0.3) is 0 Å². The first kappa shape index (κ1) is 15.2. The quantitative estimate of drug-likeness (QED) is 0.662. The van der Waals surface area contributed by atoms with Crippen molar-refractivity contribution in [2.24, 2.45) is 0 Å². The number of Topliss-reactive ketones (excluding diaryl/α,β-unsaturated/α-hetero) is 1. The highest BCUT2D eigenvalue weighted by atomic mass is 19.1. The maximum atomic E-state index is 13.0. The SMILES string of the molecule is Cc1ccc(C(CC(=O)c2ccc(F)cc2)n2cccn2)cc1. The summed E-state index contributed by atoms with van der Waals surface area (Å²) in [4.78, 5) is 12.5. The van der Waals surface area contributed by atoms with Crippen LogP contribution in [0.2, 0.25) is 0 Å². The molecule has 116 valence electrons. The van der Waals surface area contributed by atoms with Crippen LogP contribution in [0.25, 0.3) is 0 Å². The van der Waals surface area contributed by atoms with Gasteiger partial charge in [-0.15, -0.1) is 0 Å². The van der Waals surface area contributed by atoms with Gasteiger partial charge in [0.15, 0.2) is 5.78 Å². The van der Waals surface area contributed by atoms with Gasteiger partial charge >= 0.3 is 0 Å². The Bertz CT molecular complexity index is 777. The molecule has 1 unspecified atom stereocenters. The van der Waals surface area contributed by atoms with Crippen LogP contribution in [0.4, 0.5) is 4.39 Å². The summed E-state index contributed by atoms with van der Waals surface area (Å²) in [6.45, 7) is 2.02. The number of aromatic nitrogens is 2. The third-order valence-electron chi connectivity index (χ3n) is 3.85. The Morgan fingerprint density at radius 1 is 1.13 bits per heavy atom. The summed E-state index contributed by atoms with van der Waals surface area (Å²) in [5.41, 5.74) is 2.70. The van der Waals surface area contributed by atoms with E-state index in [1.807, 2.05) is 43.5 Å². The van der Waals surface area contributed by atoms with E-state index in [9.17, 15) is 9.18 Å². The molecule has 0 spiro atoms. The molecule has 0 aliphatic rings. The minimum Gasteiger partial charge on any atom is -0.294 e. The van der Waals surface area contributed by atoms with Gasteiger partial charge in [0, 0.05) is 24.4 Å². The number of hydrogen-bond donors (Lipinski definition) is 0. The largest absolute Gasteiger partial charge is 0.294 e. The summed E-state index contributed by atoms with van der Waals surface area (Å²) >= 11 is 0. The average Bonchev–Trinajstić information content (AvgIpc) is 3.08. The zero-order chi connectivity index (χ0) is 16.2. The summed E-state index contributed by atoms with van der Waals surface area (Å²) in [6, 6.07) is 15.4. The molecule has 4 heteroatoms. The lowest BCUT2D eigenvalue weighted by atomic mass is 9.97. The molecule has 0 saturated heterocycles. The maximum Gasteiger partial charge on any atom is 0.165 e. The van der Waals surface area contributed by atoms with Gasteiger partial charge in [0.05, 0.1) is 6.04 Å². The Hall–Kier alpha value is -2.75. The molecule has 3 rings (SSSR count). The van der Waals surface area contributed by atoms with Crippen LogP contribution < -0.4 is 0 Å². The third kappa shape index (κ3) is 3.54. The topological polar surface area (TPSA) is 34.9 Å². The van der Waals surface area contributed by atoms with Crippen LogP contribution in [0.5, 0.6) is 0 Å². The van der Waals surface area contributed by atoms with Crippen molar-refractivity contribution in [1.82, 2.24) is 9.78 Å². The Balaban J connectivity index is 1.88. The summed E-state index contributed by atoms with van der Waals surface area (Å²) in [7, 11) is 0. The zero-order valence-electron chi connectivity index (χ0n) is 12.8. The number of nitrogens with zero attached hydrogens (tertiary/aromatic N) is 2. The highest BCUT2D eigenvalue weighted by molar-refractivity contribution is 5.96. The summed E-state index contributed by atoms with van der Waals surface area (Å²) in [5.74, 6) is -0.380. The first-order valence-corrected chi connectivity index (χ1v) is 7.48. The van der Waals surface area contributed by atoms with Crippen molar-refractivity contribution in [3.05, 3.63) is 89.5 Å². The summed E-state index contributed by atoms with van der Waals surface area (Å²) < 4.78 is 14.8. The molecular weight excluding hydrogens is 291 g/mol. The van der Waals surface area contributed by atoms with E-state index in [-0.39, 0.29) is 24.1 Å². The Labute approximate surface area is 134 Å². The normalized spacial score (nSPS) is 12.1. The molecule has 0 radical (unpaired) electrons. The Morgan fingerprint density at radius 2 is 1.83 bits per heavy atom. The van der Waals surface area contributed by atoms with E-state index in [1.54, 1.807) is 10.9 Å². The van der Waals surface area contributed by atoms with Crippen LogP contribution in [-0.4, -0.2) is 15.6 Å². The van der Waals surface area contributed by atoms with Crippen molar-refractivity contribution in [2.75, 3.05) is 0 Å². The highest BCUT2D eigenvalue weighted by Gasteiger charge is 2.19. The number of ketones is 1. The van der Waals surface area contributed by atoms with Gasteiger partial charge in [0.1, 0.15) is 5.82 Å². The molecule has 0 N–H and O–H groups in total. The molecule has 0 fully saturated rings. The molecule has 0 amide bonds. The zero-order valence-corrected chi connectivity index (χ0v) is 12.8. The third-order valence-corrected chi connectivity index (χ3v) is 3.85. The number of carbonyl (C=O) groups excluding carboxylic acids is 1. The number of benzene rings is 2. The summed E-state index contributed by atoms with van der Waals surface area (Å²) in [5, 5.41) is 4.28. The van der Waals surface area contributed by atoms with Crippen molar-refractivity contribution in [1.29, 1.82) is 0 Å². The number of halogens is 1. The van der Waals surface area contributed by atoms with Gasteiger partial charge in [-0.05, 0) is 42.8 Å². The second-order valence-electron chi connectivity index (χ2n) is 5.55. The molecule has 1 heterocycles. The lowest BCUT2D eigenvalue weighted by Crippen LogP contribution is -2.16. The van der Waals surface area contributed by atoms with Gasteiger partial charge in [-0.25, -0.2) is 4.39 Å². The van der Waals surface area contributed by atoms with Crippen molar-refractivity contribution < 1.29 is 9.18 Å². The number of carbonyl (C=O) groups is 1. The summed E-state index contributed by atoms with van der Waals surface area (Å²) in [6.07, 6.45) is 3.82. The van der Waals surface area contributed by atoms with Crippen LogP contribution in [0.15, 0.2) is 67.0 Å². The molecular formula is C19H17FN2O. The lowest BCUT2D eigenvalue weighted by molar-refractivity contribution is 0.0967. The molecule has 23 heavy (non-hydrogen) atoms. The van der Waals surface area contributed by atoms with E-state index in [1.165, 1.54) is 24.3 Å². The minimum atomic E-state index is -0.344. The number of aryl methyl sites for hydroxylation is 1. The Morgan fingerprint density at radius 3 is 2.43 bits per heavy atom. The minimum absolute atomic E-state index is 0.0360. The molecule has 0 bridgehead atoms. The van der Waals surface area contributed by atoms with Gasteiger partial charge in [-0.3, -0.25) is 9.48 Å². The van der Waals surface area contributed by atoms with Crippen LogP contribution in [0, 0.1) is 12.7 Å². The van der Waals surface area contributed by atoms with Gasteiger partial charge in [-0.1, -0.05) is 29.8 Å². The van der Waals surface area contributed by atoms with Crippen LogP contribution in [0.3, 0.4) is 0 Å². The van der Waals surface area contributed by atoms with Crippen LogP contribution in [0.1, 0.15) is 33.9 Å². The monoisotopic (exact) mass is 308 g/mol. The molecule has 1 atom stereocenters. The highest BCUT2D eigenvalue weighted by Crippen LogP contribution is 2.24. The molecule has 1 aromatic heterocycles. The van der Waals surface area contributed by atoms with E-state index in [2.05, 4.69) is 5.10 Å². The number of rotatable bonds is 5. The van der Waals surface area contributed by atoms with Crippen molar-refractivity contribution in [2.45, 2.75) is 19.4 Å². The van der Waals surface area contributed by atoms with E-state index in [4.69, 9.17) is 0 Å². The second-order valence-corrected chi connectivity index (χ2v) is 5.55. The number of hydrogen-bond acceptors (Lipinski definition) is 2. The fourth-order valence-corrected chi connectivity index (χ4v) is 2.55. The average molecular weight is 308 g/mol. The van der Waals surface area contributed by atoms with Crippen molar-refractivity contribution in [3.63, 3.8) is 0 Å². The van der Waals surface area contributed by atoms with Gasteiger partial charge in [-0.2, -0.15) is 5.10 Å². The standard InChI is InChI=1S/C19H17FN2O/c1-14-3-5-15(6-4-14)18(22-12-2-11-21-22)13-19(23)16-7-9-17(20)10-8-16/h2-12,18H,13H2,1H3. The molecule has 0 saturated carbocycles. The van der Waals surface area contributed by atoms with Gasteiger partial charge < -0.3 is 0 Å². The fourth-order valence-electron chi connectivity index (χ4n) is 2.55. The predicted molar refractivity (Wildman–Crippen MR) is 86.9 cm³/mol. The van der Waals surface area contributed by atoms with E-state index >= 15 is 0 Å². The first-order valence-electron chi connectivity index (χ1n) is 7.48. The van der Waals surface area contributed by atoms with Crippen molar-refractivity contribution >= 4 is 5.78 Å². The van der Waals surface area contributed by atoms with E-state index in [0.29, 0.717) is 5.56 Å². The molecule has 0 aliphatic heterocycles. The maximum absolute atomic E-state index is 13.0. The molecule has 0 aliphatic carbocycles. The van der Waals surface area contributed by atoms with E-state index in [0.717, 1.165) is 11.1 Å². The van der Waals surface area contributed by atoms with E-state index < -0.39 is 0 Å². The van der Waals surface area contributed by atoms with Crippen molar-refractivity contribution in [3.8, 4) is 0 Å². The molecule has 3 aromatic rings. The first-order chi connectivity index (χ1) is 11.1. The Kier molecular flexibility index (Phi) is 4.33. The van der Waals surface area contributed by atoms with Gasteiger partial charge in [0.2, 0.25) is 0 Å². The molecule has 2 aromatic carbocycles. The fraction of sp³-hybridized carbons (Fsp3) is 0.158. The predicted octanol–water partition coefficient (Wildman–Crippen LogP) is 4.19. The van der Waals surface area contributed by atoms with Crippen LogP contribution in [-0.2, 0) is 0 Å². The lowest BCUT2D eigenvalue weighted by Gasteiger charge is -2.18. The molecule has 3 nitrogen and oxygen atoms in total. The smallest absolute Gasteiger partial charge is 0.165 e. The second kappa shape index (κ2) is 6.57. The van der Waals surface area contributed by atoms with Crippen LogP contribution >= 0.6 is 0 Å².